The fourth-order valence-corrected chi connectivity index (χ4v) is 5.52. The molecule has 3 atom stereocenters. The Balaban J connectivity index is 1.58. The first-order valence-corrected chi connectivity index (χ1v) is 11.5. The van der Waals surface area contributed by atoms with Crippen LogP contribution in [-0.2, 0) is 9.84 Å². The normalized spacial score (nSPS) is 25.1. The number of hydrogen-bond acceptors (Lipinski definition) is 4. The molecule has 2 heterocycles. The largest absolute Gasteiger partial charge is 0.338 e. The van der Waals surface area contributed by atoms with Crippen molar-refractivity contribution >= 4 is 15.7 Å². The Morgan fingerprint density at radius 3 is 2.50 bits per heavy atom. The van der Waals surface area contributed by atoms with Crippen LogP contribution in [0.1, 0.15) is 27.5 Å². The number of carbonyl (C=O) groups is 1. The van der Waals surface area contributed by atoms with Gasteiger partial charge in [-0.05, 0) is 49.2 Å². The van der Waals surface area contributed by atoms with Gasteiger partial charge in [-0.2, -0.15) is 0 Å². The van der Waals surface area contributed by atoms with Crippen LogP contribution in [-0.4, -0.2) is 57.1 Å². The second-order valence-corrected chi connectivity index (χ2v) is 10.2. The molecule has 2 aliphatic heterocycles. The lowest BCUT2D eigenvalue weighted by Crippen LogP contribution is -2.33. The molecule has 0 N–H and O–H groups in total. The zero-order valence-electron chi connectivity index (χ0n) is 16.5. The summed E-state index contributed by atoms with van der Waals surface area (Å²) in [5.41, 5.74) is 3.07. The molecule has 28 heavy (non-hydrogen) atoms. The molecule has 0 aliphatic carbocycles. The van der Waals surface area contributed by atoms with Crippen LogP contribution in [0.5, 0.6) is 0 Å². The summed E-state index contributed by atoms with van der Waals surface area (Å²) in [6, 6.07) is 15.2. The Morgan fingerprint density at radius 1 is 1.04 bits per heavy atom. The molecule has 2 saturated heterocycles. The molecule has 2 fully saturated rings. The minimum absolute atomic E-state index is 0.0777. The van der Waals surface area contributed by atoms with E-state index in [0.717, 1.165) is 13.1 Å². The monoisotopic (exact) mass is 398 g/mol. The summed E-state index contributed by atoms with van der Waals surface area (Å²) in [7, 11) is -1.17. The molecular weight excluding hydrogens is 372 g/mol. The Bertz CT molecular complexity index is 1020. The van der Waals surface area contributed by atoms with Crippen molar-refractivity contribution in [1.82, 2.24) is 9.80 Å². The Morgan fingerprint density at radius 2 is 1.79 bits per heavy atom. The maximum absolute atomic E-state index is 13.1. The smallest absolute Gasteiger partial charge is 0.253 e. The van der Waals surface area contributed by atoms with Crippen LogP contribution in [0.4, 0.5) is 0 Å². The van der Waals surface area contributed by atoms with Crippen LogP contribution in [0.25, 0.3) is 0 Å². The second kappa shape index (κ2) is 7.01. The molecule has 0 saturated carbocycles. The van der Waals surface area contributed by atoms with Crippen molar-refractivity contribution in [2.24, 2.45) is 11.8 Å². The Kier molecular flexibility index (Phi) is 4.79. The highest BCUT2D eigenvalue weighted by Crippen LogP contribution is 2.45. The summed E-state index contributed by atoms with van der Waals surface area (Å²) in [4.78, 5) is 17.6. The van der Waals surface area contributed by atoms with E-state index in [-0.39, 0.29) is 10.8 Å². The molecule has 2 aromatic rings. The number of hydrogen-bond donors (Lipinski definition) is 0. The zero-order chi connectivity index (χ0) is 20.1. The van der Waals surface area contributed by atoms with Crippen LogP contribution in [0, 0.1) is 18.8 Å². The lowest BCUT2D eigenvalue weighted by atomic mass is 9.88. The van der Waals surface area contributed by atoms with Gasteiger partial charge in [-0.1, -0.05) is 30.3 Å². The number of sulfone groups is 1. The summed E-state index contributed by atoms with van der Waals surface area (Å²) in [6.07, 6.45) is 1.17. The predicted octanol–water partition coefficient (Wildman–Crippen LogP) is 2.77. The number of nitrogens with zero attached hydrogens (tertiary/aromatic N) is 2. The van der Waals surface area contributed by atoms with E-state index in [0.29, 0.717) is 30.0 Å². The van der Waals surface area contributed by atoms with Gasteiger partial charge in [-0.25, -0.2) is 8.42 Å². The van der Waals surface area contributed by atoms with Gasteiger partial charge >= 0.3 is 0 Å². The second-order valence-electron chi connectivity index (χ2n) is 8.18. The molecular formula is C22H26N2O3S. The number of aryl methyl sites for hydroxylation is 1. The van der Waals surface area contributed by atoms with E-state index in [4.69, 9.17) is 0 Å². The van der Waals surface area contributed by atoms with Crippen molar-refractivity contribution in [3.63, 3.8) is 0 Å². The van der Waals surface area contributed by atoms with Crippen LogP contribution in [0.15, 0.2) is 53.4 Å². The third-order valence-electron chi connectivity index (χ3n) is 6.20. The third kappa shape index (κ3) is 3.35. The average molecular weight is 399 g/mol. The lowest BCUT2D eigenvalue weighted by molar-refractivity contribution is 0.0767. The van der Waals surface area contributed by atoms with Gasteiger partial charge in [0.1, 0.15) is 0 Å². The van der Waals surface area contributed by atoms with E-state index >= 15 is 0 Å². The molecule has 0 aromatic heterocycles. The van der Waals surface area contributed by atoms with Crippen LogP contribution in [0.2, 0.25) is 0 Å². The van der Waals surface area contributed by atoms with E-state index in [9.17, 15) is 13.2 Å². The van der Waals surface area contributed by atoms with Crippen molar-refractivity contribution in [1.29, 1.82) is 0 Å². The van der Waals surface area contributed by atoms with Gasteiger partial charge in [0.15, 0.2) is 9.84 Å². The van der Waals surface area contributed by atoms with Crippen molar-refractivity contribution in [3.8, 4) is 0 Å². The molecule has 0 bridgehead atoms. The van der Waals surface area contributed by atoms with E-state index in [1.54, 1.807) is 12.1 Å². The van der Waals surface area contributed by atoms with Gasteiger partial charge in [0.25, 0.3) is 5.91 Å². The highest BCUT2D eigenvalue weighted by Gasteiger charge is 2.47. The highest BCUT2D eigenvalue weighted by atomic mass is 32.2. The molecule has 2 aliphatic rings. The summed E-state index contributed by atoms with van der Waals surface area (Å²) < 4.78 is 23.7. The van der Waals surface area contributed by atoms with Gasteiger partial charge in [-0.3, -0.25) is 9.69 Å². The number of benzene rings is 2. The van der Waals surface area contributed by atoms with E-state index < -0.39 is 9.84 Å². The first-order valence-electron chi connectivity index (χ1n) is 9.61. The quantitative estimate of drug-likeness (QED) is 0.798. The minimum Gasteiger partial charge on any atom is -0.338 e. The van der Waals surface area contributed by atoms with Gasteiger partial charge in [0.05, 0.1) is 4.90 Å². The molecule has 2 aromatic carbocycles. The van der Waals surface area contributed by atoms with Crippen LogP contribution >= 0.6 is 0 Å². The summed E-state index contributed by atoms with van der Waals surface area (Å²) in [6.45, 7) is 4.54. The fraction of sp³-hybridized carbons (Fsp3) is 0.409. The Hall–Kier alpha value is -2.18. The van der Waals surface area contributed by atoms with Crippen molar-refractivity contribution in [3.05, 3.63) is 65.2 Å². The lowest BCUT2D eigenvalue weighted by Gasteiger charge is -2.28. The topological polar surface area (TPSA) is 57.7 Å². The molecule has 5 nitrogen and oxygen atoms in total. The summed E-state index contributed by atoms with van der Waals surface area (Å²) >= 11 is 0. The molecule has 6 heteroatoms. The average Bonchev–Trinajstić information content (AvgIpc) is 3.18. The number of rotatable bonds is 3. The summed E-state index contributed by atoms with van der Waals surface area (Å²) in [5.74, 6) is 0.760. The Labute approximate surface area is 166 Å². The van der Waals surface area contributed by atoms with Gasteiger partial charge in [-0.15, -0.1) is 0 Å². The molecule has 4 rings (SSSR count). The van der Waals surface area contributed by atoms with Gasteiger partial charge < -0.3 is 4.90 Å². The third-order valence-corrected chi connectivity index (χ3v) is 7.31. The number of amides is 1. The van der Waals surface area contributed by atoms with E-state index in [2.05, 4.69) is 43.1 Å². The standard InChI is InChI=1S/C22H26N2O3S/c1-15-7-4-5-10-19(15)21-20-14-24(13-17(20)12-23(21)2)22(25)16-8-6-9-18(11-16)28(3,26)27/h4-11,17,20-21H,12-14H2,1-3H3/t17-,20+,21+/m0/s1. The van der Waals surface area contributed by atoms with Crippen molar-refractivity contribution in [2.75, 3.05) is 32.9 Å². The first kappa shape index (κ1) is 19.2. The molecule has 1 amide bonds. The maximum atomic E-state index is 13.1. The molecule has 0 unspecified atom stereocenters. The number of carbonyl (C=O) groups excluding carboxylic acids is 1. The SMILES string of the molecule is Cc1ccccc1[C@@H]1[C@@H]2CN(C(=O)c3cccc(S(C)(=O)=O)c3)C[C@@H]2CN1C. The fourth-order valence-electron chi connectivity index (χ4n) is 4.85. The number of fused-ring (bicyclic) bond motifs is 1. The number of likely N-dealkylation sites (tertiary alicyclic amines) is 2. The molecule has 148 valence electrons. The van der Waals surface area contributed by atoms with Crippen LogP contribution < -0.4 is 0 Å². The van der Waals surface area contributed by atoms with E-state index in [1.807, 2.05) is 4.90 Å². The zero-order valence-corrected chi connectivity index (χ0v) is 17.3. The predicted molar refractivity (Wildman–Crippen MR) is 109 cm³/mol. The van der Waals surface area contributed by atoms with Crippen molar-refractivity contribution < 1.29 is 13.2 Å². The summed E-state index contributed by atoms with van der Waals surface area (Å²) in [5, 5.41) is 0. The minimum atomic E-state index is -3.33. The maximum Gasteiger partial charge on any atom is 0.253 e. The highest BCUT2D eigenvalue weighted by molar-refractivity contribution is 7.90. The first-order chi connectivity index (χ1) is 13.3. The van der Waals surface area contributed by atoms with E-state index in [1.165, 1.54) is 29.5 Å². The van der Waals surface area contributed by atoms with Gasteiger partial charge in [0, 0.05) is 43.4 Å². The van der Waals surface area contributed by atoms with Gasteiger partial charge in [0.2, 0.25) is 0 Å². The van der Waals surface area contributed by atoms with Crippen molar-refractivity contribution in [2.45, 2.75) is 17.9 Å². The van der Waals surface area contributed by atoms with Crippen LogP contribution in [0.3, 0.4) is 0 Å². The molecule has 0 spiro atoms. The molecule has 0 radical (unpaired) electrons.